The molecule has 1 amide bonds. The van der Waals surface area contributed by atoms with Gasteiger partial charge in [-0.15, -0.1) is 0 Å². The highest BCUT2D eigenvalue weighted by atomic mass is 19.1. The maximum atomic E-state index is 13.1. The summed E-state index contributed by atoms with van der Waals surface area (Å²) in [6, 6.07) is 14.0. The van der Waals surface area contributed by atoms with Gasteiger partial charge in [0, 0.05) is 12.1 Å². The summed E-state index contributed by atoms with van der Waals surface area (Å²) in [5.74, 6) is -0.253. The lowest BCUT2D eigenvalue weighted by atomic mass is 9.93. The van der Waals surface area contributed by atoms with Crippen molar-refractivity contribution in [3.8, 4) is 0 Å². The van der Waals surface area contributed by atoms with Gasteiger partial charge >= 0.3 is 0 Å². The van der Waals surface area contributed by atoms with Gasteiger partial charge in [-0.3, -0.25) is 4.79 Å². The van der Waals surface area contributed by atoms with Crippen molar-refractivity contribution >= 4 is 5.91 Å². The number of carbonyl (C=O) groups is 1. The minimum atomic E-state index is -0.686. The lowest BCUT2D eigenvalue weighted by Gasteiger charge is -2.41. The van der Waals surface area contributed by atoms with E-state index in [0.29, 0.717) is 12.0 Å². The molecule has 3 rings (SSSR count). The standard InChI is InChI=1S/C21H24FNO2/c1-21(2,25)13-11-15-3-5-17(6-4-15)20(24)23-14-12-19(23)16-7-9-18(22)10-8-16/h3-10,19,25H,11-14H2,1-2H3. The third-order valence-corrected chi connectivity index (χ3v) is 4.76. The molecule has 1 saturated heterocycles. The van der Waals surface area contributed by atoms with E-state index in [2.05, 4.69) is 0 Å². The van der Waals surface area contributed by atoms with Crippen molar-refractivity contribution in [1.82, 2.24) is 4.90 Å². The van der Waals surface area contributed by atoms with E-state index < -0.39 is 5.60 Å². The molecule has 0 aliphatic carbocycles. The van der Waals surface area contributed by atoms with Crippen LogP contribution in [0, 0.1) is 5.82 Å². The molecule has 0 spiro atoms. The Morgan fingerprint density at radius 1 is 1.16 bits per heavy atom. The fourth-order valence-electron chi connectivity index (χ4n) is 3.09. The Balaban J connectivity index is 1.65. The highest BCUT2D eigenvalue weighted by molar-refractivity contribution is 5.95. The van der Waals surface area contributed by atoms with Crippen molar-refractivity contribution < 1.29 is 14.3 Å². The molecule has 0 radical (unpaired) electrons. The van der Waals surface area contributed by atoms with Crippen LogP contribution >= 0.6 is 0 Å². The molecule has 3 nitrogen and oxygen atoms in total. The Morgan fingerprint density at radius 3 is 2.32 bits per heavy atom. The molecule has 132 valence electrons. The summed E-state index contributed by atoms with van der Waals surface area (Å²) in [5, 5.41) is 9.80. The molecule has 1 aliphatic heterocycles. The maximum Gasteiger partial charge on any atom is 0.254 e. The molecular formula is C21H24FNO2. The molecule has 1 N–H and O–H groups in total. The number of carbonyl (C=O) groups excluding carboxylic acids is 1. The average molecular weight is 341 g/mol. The van der Waals surface area contributed by atoms with E-state index in [1.54, 1.807) is 26.0 Å². The Morgan fingerprint density at radius 2 is 1.80 bits per heavy atom. The minimum Gasteiger partial charge on any atom is -0.390 e. The zero-order valence-corrected chi connectivity index (χ0v) is 14.7. The zero-order valence-electron chi connectivity index (χ0n) is 14.7. The number of nitrogens with zero attached hydrogens (tertiary/aromatic N) is 1. The van der Waals surface area contributed by atoms with Crippen LogP contribution in [0.2, 0.25) is 0 Å². The largest absolute Gasteiger partial charge is 0.390 e. The summed E-state index contributed by atoms with van der Waals surface area (Å²) >= 11 is 0. The molecule has 0 aromatic heterocycles. The highest BCUT2D eigenvalue weighted by Crippen LogP contribution is 2.34. The summed E-state index contributed by atoms with van der Waals surface area (Å²) in [6.07, 6.45) is 2.36. The molecule has 1 unspecified atom stereocenters. The minimum absolute atomic E-state index is 0.00890. The molecule has 0 bridgehead atoms. The van der Waals surface area contributed by atoms with Crippen LogP contribution in [0.4, 0.5) is 4.39 Å². The van der Waals surface area contributed by atoms with Crippen LogP contribution in [0.15, 0.2) is 48.5 Å². The highest BCUT2D eigenvalue weighted by Gasteiger charge is 2.33. The fourth-order valence-corrected chi connectivity index (χ4v) is 3.09. The van der Waals surface area contributed by atoms with E-state index in [0.717, 1.165) is 30.5 Å². The smallest absolute Gasteiger partial charge is 0.254 e. The van der Waals surface area contributed by atoms with Crippen molar-refractivity contribution in [3.63, 3.8) is 0 Å². The Kier molecular flexibility index (Phi) is 4.91. The van der Waals surface area contributed by atoms with E-state index in [1.807, 2.05) is 29.2 Å². The zero-order chi connectivity index (χ0) is 18.0. The van der Waals surface area contributed by atoms with Gasteiger partial charge in [0.15, 0.2) is 0 Å². The van der Waals surface area contributed by atoms with Gasteiger partial charge in [0.2, 0.25) is 0 Å². The molecule has 0 saturated carbocycles. The van der Waals surface area contributed by atoms with Gasteiger partial charge in [-0.25, -0.2) is 4.39 Å². The van der Waals surface area contributed by atoms with Gasteiger partial charge in [-0.05, 0) is 68.5 Å². The molecule has 1 aliphatic rings. The molecule has 1 fully saturated rings. The summed E-state index contributed by atoms with van der Waals surface area (Å²) in [7, 11) is 0. The van der Waals surface area contributed by atoms with Crippen molar-refractivity contribution in [2.75, 3.05) is 6.54 Å². The van der Waals surface area contributed by atoms with Crippen molar-refractivity contribution in [2.45, 2.75) is 44.8 Å². The first-order valence-corrected chi connectivity index (χ1v) is 8.71. The second-order valence-corrected chi connectivity index (χ2v) is 7.36. The predicted molar refractivity (Wildman–Crippen MR) is 95.9 cm³/mol. The van der Waals surface area contributed by atoms with Gasteiger partial charge < -0.3 is 10.0 Å². The number of aliphatic hydroxyl groups is 1. The molecule has 2 aromatic carbocycles. The summed E-state index contributed by atoms with van der Waals surface area (Å²) in [6.45, 7) is 4.32. The van der Waals surface area contributed by atoms with Gasteiger partial charge in [0.25, 0.3) is 5.91 Å². The SMILES string of the molecule is CC(C)(O)CCc1ccc(C(=O)N2CCC2c2ccc(F)cc2)cc1. The molecule has 2 aromatic rings. The second kappa shape index (κ2) is 6.96. The second-order valence-electron chi connectivity index (χ2n) is 7.36. The monoisotopic (exact) mass is 341 g/mol. The Hall–Kier alpha value is -2.20. The van der Waals surface area contributed by atoms with Gasteiger partial charge in [-0.1, -0.05) is 24.3 Å². The molecule has 1 heterocycles. The van der Waals surface area contributed by atoms with Crippen molar-refractivity contribution in [2.24, 2.45) is 0 Å². The van der Waals surface area contributed by atoms with E-state index in [-0.39, 0.29) is 17.8 Å². The number of benzene rings is 2. The van der Waals surface area contributed by atoms with Crippen LogP contribution in [0.1, 0.15) is 54.2 Å². The predicted octanol–water partition coefficient (Wildman–Crippen LogP) is 4.12. The number of hydrogen-bond donors (Lipinski definition) is 1. The topological polar surface area (TPSA) is 40.5 Å². The average Bonchev–Trinajstić information content (AvgIpc) is 2.54. The van der Waals surface area contributed by atoms with E-state index in [1.165, 1.54) is 12.1 Å². The molecular weight excluding hydrogens is 317 g/mol. The lowest BCUT2D eigenvalue weighted by Crippen LogP contribution is -2.45. The van der Waals surface area contributed by atoms with Crippen molar-refractivity contribution in [1.29, 1.82) is 0 Å². The van der Waals surface area contributed by atoms with Gasteiger partial charge in [0.1, 0.15) is 5.82 Å². The summed E-state index contributed by atoms with van der Waals surface area (Å²) in [4.78, 5) is 14.6. The van der Waals surface area contributed by atoms with Crippen molar-refractivity contribution in [3.05, 3.63) is 71.0 Å². The van der Waals surface area contributed by atoms with Crippen LogP contribution < -0.4 is 0 Å². The Bertz CT molecular complexity index is 732. The third kappa shape index (κ3) is 4.26. The van der Waals surface area contributed by atoms with Gasteiger partial charge in [0.05, 0.1) is 11.6 Å². The third-order valence-electron chi connectivity index (χ3n) is 4.76. The first-order valence-electron chi connectivity index (χ1n) is 8.71. The Labute approximate surface area is 148 Å². The van der Waals surface area contributed by atoms with Crippen LogP contribution in [0.3, 0.4) is 0 Å². The van der Waals surface area contributed by atoms with E-state index in [4.69, 9.17) is 0 Å². The van der Waals surface area contributed by atoms with Crippen LogP contribution in [0.5, 0.6) is 0 Å². The van der Waals surface area contributed by atoms with E-state index in [9.17, 15) is 14.3 Å². The number of amides is 1. The normalized spacial score (nSPS) is 17.3. The lowest BCUT2D eigenvalue weighted by molar-refractivity contribution is 0.0460. The molecule has 1 atom stereocenters. The summed E-state index contributed by atoms with van der Waals surface area (Å²) in [5.41, 5.74) is 2.06. The van der Waals surface area contributed by atoms with Crippen LogP contribution in [-0.4, -0.2) is 28.1 Å². The quantitative estimate of drug-likeness (QED) is 0.889. The van der Waals surface area contributed by atoms with E-state index >= 15 is 0 Å². The molecule has 25 heavy (non-hydrogen) atoms. The number of rotatable bonds is 5. The first-order chi connectivity index (χ1) is 11.8. The number of hydrogen-bond acceptors (Lipinski definition) is 2. The molecule has 4 heteroatoms. The fraction of sp³-hybridized carbons (Fsp3) is 0.381. The number of halogens is 1. The number of aryl methyl sites for hydroxylation is 1. The van der Waals surface area contributed by atoms with Gasteiger partial charge in [-0.2, -0.15) is 0 Å². The van der Waals surface area contributed by atoms with Crippen LogP contribution in [0.25, 0.3) is 0 Å². The first kappa shape index (κ1) is 17.6. The summed E-state index contributed by atoms with van der Waals surface area (Å²) < 4.78 is 13.1. The number of likely N-dealkylation sites (tertiary alicyclic amines) is 1. The maximum absolute atomic E-state index is 13.1. The van der Waals surface area contributed by atoms with Crippen LogP contribution in [-0.2, 0) is 6.42 Å².